The maximum atomic E-state index is 12.3. The lowest BCUT2D eigenvalue weighted by atomic mass is 10.2. The summed E-state index contributed by atoms with van der Waals surface area (Å²) < 4.78 is 32.4. The molecule has 1 atom stereocenters. The van der Waals surface area contributed by atoms with Crippen LogP contribution in [0.25, 0.3) is 0 Å². The van der Waals surface area contributed by atoms with Crippen LogP contribution >= 0.6 is 0 Å². The second kappa shape index (κ2) is 5.95. The van der Waals surface area contributed by atoms with Gasteiger partial charge in [-0.1, -0.05) is 17.7 Å². The Kier molecular flexibility index (Phi) is 4.28. The molecule has 1 heterocycles. The van der Waals surface area contributed by atoms with Crippen LogP contribution in [0.2, 0.25) is 0 Å². The normalized spacial score (nSPS) is 12.8. The molecule has 104 valence electrons. The molecule has 1 N–H and O–H groups in total. The Morgan fingerprint density at radius 1 is 1.30 bits per heavy atom. The molecular weight excluding hydrogens is 274 g/mol. The number of sulfonamides is 1. The molecule has 5 heteroatoms. The third kappa shape index (κ3) is 3.29. The molecular formula is C15H15NO3S. The molecule has 4 nitrogen and oxygen atoms in total. The van der Waals surface area contributed by atoms with Crippen molar-refractivity contribution in [3.05, 3.63) is 54.0 Å². The van der Waals surface area contributed by atoms with Crippen molar-refractivity contribution in [2.75, 3.05) is 0 Å². The summed E-state index contributed by atoms with van der Waals surface area (Å²) in [6.45, 7) is 1.90. The molecule has 0 saturated carbocycles. The number of rotatable bonds is 5. The minimum Gasteiger partial charge on any atom is -0.468 e. The average Bonchev–Trinajstić information content (AvgIpc) is 2.92. The lowest BCUT2D eigenvalue weighted by Gasteiger charge is -2.14. The second-order valence-corrected chi connectivity index (χ2v) is 6.12. The van der Waals surface area contributed by atoms with Gasteiger partial charge in [0.2, 0.25) is 10.0 Å². The van der Waals surface area contributed by atoms with E-state index in [1.54, 1.807) is 36.4 Å². The molecule has 0 unspecified atom stereocenters. The van der Waals surface area contributed by atoms with Crippen molar-refractivity contribution in [2.45, 2.75) is 24.3 Å². The third-order valence-corrected chi connectivity index (χ3v) is 4.32. The van der Waals surface area contributed by atoms with Gasteiger partial charge in [-0.2, -0.15) is 4.72 Å². The summed E-state index contributed by atoms with van der Waals surface area (Å²) in [5.41, 5.74) is 0.996. The van der Waals surface area contributed by atoms with Gasteiger partial charge in [-0.3, -0.25) is 0 Å². The molecule has 2 aromatic rings. The predicted octanol–water partition coefficient (Wildman–Crippen LogP) is 2.63. The Morgan fingerprint density at radius 3 is 2.55 bits per heavy atom. The van der Waals surface area contributed by atoms with Crippen molar-refractivity contribution >= 4 is 10.0 Å². The molecule has 2 rings (SSSR count). The molecule has 20 heavy (non-hydrogen) atoms. The van der Waals surface area contributed by atoms with Gasteiger partial charge in [-0.15, -0.1) is 12.3 Å². The van der Waals surface area contributed by atoms with E-state index < -0.39 is 16.1 Å². The van der Waals surface area contributed by atoms with Gasteiger partial charge in [0.25, 0.3) is 0 Å². The van der Waals surface area contributed by atoms with Crippen LogP contribution in [0.3, 0.4) is 0 Å². The summed E-state index contributed by atoms with van der Waals surface area (Å²) in [6.07, 6.45) is 6.99. The summed E-state index contributed by atoms with van der Waals surface area (Å²) in [6, 6.07) is 9.44. The summed E-state index contributed by atoms with van der Waals surface area (Å²) in [5, 5.41) is 0. The zero-order valence-electron chi connectivity index (χ0n) is 11.0. The zero-order valence-corrected chi connectivity index (χ0v) is 11.9. The van der Waals surface area contributed by atoms with Crippen LogP contribution in [0.15, 0.2) is 52.0 Å². The molecule has 0 saturated heterocycles. The van der Waals surface area contributed by atoms with E-state index in [1.165, 1.54) is 6.26 Å². The summed E-state index contributed by atoms with van der Waals surface area (Å²) in [4.78, 5) is 0.205. The number of hydrogen-bond acceptors (Lipinski definition) is 3. The van der Waals surface area contributed by atoms with E-state index in [2.05, 4.69) is 10.6 Å². The molecule has 0 aliphatic carbocycles. The Morgan fingerprint density at radius 2 is 2.00 bits per heavy atom. The van der Waals surface area contributed by atoms with E-state index in [-0.39, 0.29) is 11.3 Å². The monoisotopic (exact) mass is 289 g/mol. The highest BCUT2D eigenvalue weighted by atomic mass is 32.2. The standard InChI is InChI=1S/C15H15NO3S/c1-3-5-14(15-6-4-11-19-15)16-20(17,18)13-9-7-12(2)8-10-13/h1,4,6-11,14,16H,5H2,2H3/t14-/m0/s1. The van der Waals surface area contributed by atoms with E-state index in [9.17, 15) is 8.42 Å². The van der Waals surface area contributed by atoms with E-state index in [0.29, 0.717) is 5.76 Å². The van der Waals surface area contributed by atoms with Crippen LogP contribution in [0.5, 0.6) is 0 Å². The van der Waals surface area contributed by atoms with Gasteiger partial charge in [0.1, 0.15) is 5.76 Å². The third-order valence-electron chi connectivity index (χ3n) is 2.84. The first-order chi connectivity index (χ1) is 9.53. The molecule has 0 radical (unpaired) electrons. The fourth-order valence-corrected chi connectivity index (χ4v) is 2.99. The molecule has 0 aliphatic rings. The first-order valence-electron chi connectivity index (χ1n) is 6.09. The average molecular weight is 289 g/mol. The van der Waals surface area contributed by atoms with Gasteiger partial charge in [0.05, 0.1) is 17.2 Å². The number of furan rings is 1. The minimum atomic E-state index is -3.63. The number of aryl methyl sites for hydroxylation is 1. The van der Waals surface area contributed by atoms with E-state index in [0.717, 1.165) is 5.56 Å². The van der Waals surface area contributed by atoms with Crippen LogP contribution in [0.1, 0.15) is 23.8 Å². The number of terminal acetylenes is 1. The van der Waals surface area contributed by atoms with Crippen LogP contribution < -0.4 is 4.72 Å². The lowest BCUT2D eigenvalue weighted by molar-refractivity contribution is 0.447. The molecule has 1 aromatic carbocycles. The van der Waals surface area contributed by atoms with Gasteiger partial charge in [0.15, 0.2) is 0 Å². The fraction of sp³-hybridized carbons (Fsp3) is 0.200. The SMILES string of the molecule is C#CC[C@H](NS(=O)(=O)c1ccc(C)cc1)c1ccco1. The molecule has 0 bridgehead atoms. The fourth-order valence-electron chi connectivity index (χ4n) is 1.78. The first kappa shape index (κ1) is 14.4. The summed E-state index contributed by atoms with van der Waals surface area (Å²) >= 11 is 0. The lowest BCUT2D eigenvalue weighted by Crippen LogP contribution is -2.28. The highest BCUT2D eigenvalue weighted by Gasteiger charge is 2.22. The Bertz CT molecular complexity index is 695. The van der Waals surface area contributed by atoms with Crippen molar-refractivity contribution in [2.24, 2.45) is 0 Å². The quantitative estimate of drug-likeness (QED) is 0.861. The topological polar surface area (TPSA) is 59.3 Å². The Hall–Kier alpha value is -2.03. The summed E-state index contributed by atoms with van der Waals surface area (Å²) in [5.74, 6) is 2.95. The maximum Gasteiger partial charge on any atom is 0.241 e. The van der Waals surface area contributed by atoms with E-state index >= 15 is 0 Å². The van der Waals surface area contributed by atoms with E-state index in [1.807, 2.05) is 6.92 Å². The summed E-state index contributed by atoms with van der Waals surface area (Å²) in [7, 11) is -3.63. The van der Waals surface area contributed by atoms with E-state index in [4.69, 9.17) is 10.8 Å². The van der Waals surface area contributed by atoms with Crippen LogP contribution in [-0.4, -0.2) is 8.42 Å². The van der Waals surface area contributed by atoms with Gasteiger partial charge >= 0.3 is 0 Å². The van der Waals surface area contributed by atoms with Gasteiger partial charge in [-0.05, 0) is 31.2 Å². The molecule has 0 spiro atoms. The van der Waals surface area contributed by atoms with Crippen molar-refractivity contribution < 1.29 is 12.8 Å². The van der Waals surface area contributed by atoms with Gasteiger partial charge in [0, 0.05) is 6.42 Å². The Labute approximate surface area is 118 Å². The minimum absolute atomic E-state index is 0.205. The molecule has 0 aliphatic heterocycles. The molecule has 0 fully saturated rings. The second-order valence-electron chi connectivity index (χ2n) is 4.41. The number of benzene rings is 1. The highest BCUT2D eigenvalue weighted by molar-refractivity contribution is 7.89. The highest BCUT2D eigenvalue weighted by Crippen LogP contribution is 2.20. The van der Waals surface area contributed by atoms with Crippen molar-refractivity contribution in [1.29, 1.82) is 0 Å². The molecule has 1 aromatic heterocycles. The number of hydrogen-bond donors (Lipinski definition) is 1. The van der Waals surface area contributed by atoms with Crippen molar-refractivity contribution in [1.82, 2.24) is 4.72 Å². The number of nitrogens with one attached hydrogen (secondary N) is 1. The largest absolute Gasteiger partial charge is 0.468 e. The predicted molar refractivity (Wildman–Crippen MR) is 76.4 cm³/mol. The smallest absolute Gasteiger partial charge is 0.241 e. The first-order valence-corrected chi connectivity index (χ1v) is 7.57. The van der Waals surface area contributed by atoms with Crippen LogP contribution in [0.4, 0.5) is 0 Å². The van der Waals surface area contributed by atoms with Gasteiger partial charge < -0.3 is 4.42 Å². The van der Waals surface area contributed by atoms with Crippen LogP contribution in [-0.2, 0) is 10.0 Å². The Balaban J connectivity index is 2.26. The zero-order chi connectivity index (χ0) is 14.6. The van der Waals surface area contributed by atoms with Crippen molar-refractivity contribution in [3.63, 3.8) is 0 Å². The van der Waals surface area contributed by atoms with Crippen molar-refractivity contribution in [3.8, 4) is 12.3 Å². The van der Waals surface area contributed by atoms with Gasteiger partial charge in [-0.25, -0.2) is 8.42 Å². The molecule has 0 amide bonds. The van der Waals surface area contributed by atoms with Crippen LogP contribution in [0, 0.1) is 19.3 Å². The maximum absolute atomic E-state index is 12.3.